The van der Waals surface area contributed by atoms with Crippen molar-refractivity contribution in [2.24, 2.45) is 5.92 Å². The van der Waals surface area contributed by atoms with Crippen molar-refractivity contribution in [3.8, 4) is 0 Å². The molecule has 6 aromatic carbocycles. The lowest BCUT2D eigenvalue weighted by Crippen LogP contribution is -2.26. The Labute approximate surface area is 318 Å². The van der Waals surface area contributed by atoms with Crippen molar-refractivity contribution >= 4 is 93.4 Å². The van der Waals surface area contributed by atoms with Crippen molar-refractivity contribution in [1.82, 2.24) is 0 Å². The zero-order chi connectivity index (χ0) is 36.2. The van der Waals surface area contributed by atoms with Gasteiger partial charge in [-0.1, -0.05) is 153 Å². The van der Waals surface area contributed by atoms with Gasteiger partial charge in [-0.15, -0.1) is 11.3 Å². The first-order valence-electron chi connectivity index (χ1n) is 18.8. The Morgan fingerprint density at radius 2 is 1.37 bits per heavy atom. The number of fused-ring (bicyclic) bond motifs is 10. The standard InChI is InChI=1S/C52H38OS/c1-3-34-15-8-9-18-38(34)33(2)39-19-6-4-5-7-20-40(42-22-11-10-21-41(39)42)37-17-14-16-35(31-37)36-25-29-48-47(32-36)51-44-26-27-45-43-23-12-13-24-50(43)54-52(45)46(44)28-30-49(51)53-48/h3-13,15-16,18-24,26-32,36H,1-2,14,17,25H2. The number of furan rings is 1. The van der Waals surface area contributed by atoms with Gasteiger partial charge < -0.3 is 4.42 Å². The molecule has 2 aromatic heterocycles. The van der Waals surface area contributed by atoms with Gasteiger partial charge in [0.25, 0.3) is 0 Å². The molecule has 10 rings (SSSR count). The molecule has 1 nitrogen and oxygen atoms in total. The second-order valence-corrected chi connectivity index (χ2v) is 15.4. The monoisotopic (exact) mass is 710 g/mol. The van der Waals surface area contributed by atoms with Gasteiger partial charge in [0.05, 0.1) is 0 Å². The van der Waals surface area contributed by atoms with Gasteiger partial charge in [0, 0.05) is 42.1 Å². The highest BCUT2D eigenvalue weighted by Crippen LogP contribution is 2.41. The Morgan fingerprint density at radius 3 is 2.26 bits per heavy atom. The summed E-state index contributed by atoms with van der Waals surface area (Å²) in [7, 11) is 0. The van der Waals surface area contributed by atoms with Crippen LogP contribution in [0.5, 0.6) is 0 Å². The number of hydrogen-bond acceptors (Lipinski definition) is 2. The second kappa shape index (κ2) is 13.3. The van der Waals surface area contributed by atoms with Crippen molar-refractivity contribution in [1.29, 1.82) is 0 Å². The highest BCUT2D eigenvalue weighted by Gasteiger charge is 2.21. The maximum absolute atomic E-state index is 6.53. The number of allylic oxidation sites excluding steroid dienone is 4. The van der Waals surface area contributed by atoms with Crippen molar-refractivity contribution in [3.63, 3.8) is 0 Å². The number of benzene rings is 5. The second-order valence-electron chi connectivity index (χ2n) is 14.3. The molecule has 2 heteroatoms. The van der Waals surface area contributed by atoms with Crippen LogP contribution in [0.15, 0.2) is 169 Å². The summed E-state index contributed by atoms with van der Waals surface area (Å²) in [5.74, 6) is 0.261. The van der Waals surface area contributed by atoms with E-state index in [1.165, 1.54) is 69.0 Å². The fraction of sp³-hybridized carbons (Fsp3) is 0.0769. The van der Waals surface area contributed by atoms with E-state index in [4.69, 9.17) is 4.42 Å². The summed E-state index contributed by atoms with van der Waals surface area (Å²) in [5.41, 5.74) is 10.2. The highest BCUT2D eigenvalue weighted by atomic mass is 32.1. The van der Waals surface area contributed by atoms with Gasteiger partial charge in [-0.25, -0.2) is 0 Å². The van der Waals surface area contributed by atoms with Crippen molar-refractivity contribution in [2.75, 3.05) is 0 Å². The van der Waals surface area contributed by atoms with E-state index < -0.39 is 0 Å². The summed E-state index contributed by atoms with van der Waals surface area (Å²) in [4.78, 5) is 0. The molecule has 258 valence electrons. The first-order valence-corrected chi connectivity index (χ1v) is 19.6. The largest absolute Gasteiger partial charge is 0.456 e. The molecule has 8 aromatic rings. The fourth-order valence-electron chi connectivity index (χ4n) is 8.68. The molecule has 0 radical (unpaired) electrons. The number of hydrogen-bond donors (Lipinski definition) is 0. The molecule has 0 spiro atoms. The molecule has 1 atom stereocenters. The van der Waals surface area contributed by atoms with Crippen LogP contribution >= 0.6 is 11.3 Å². The zero-order valence-electron chi connectivity index (χ0n) is 30.0. The van der Waals surface area contributed by atoms with Crippen LogP contribution in [0.4, 0.5) is 0 Å². The van der Waals surface area contributed by atoms with Crippen LogP contribution in [0.25, 0.3) is 82.1 Å². The van der Waals surface area contributed by atoms with E-state index in [0.29, 0.717) is 0 Å². The quantitative estimate of drug-likeness (QED) is 0.173. The van der Waals surface area contributed by atoms with Crippen molar-refractivity contribution < 1.29 is 4.42 Å². The molecule has 2 aliphatic rings. The summed E-state index contributed by atoms with van der Waals surface area (Å²) in [6, 6.07) is 48.0. The molecular formula is C52H38OS. The Bertz CT molecular complexity index is 3120. The molecule has 2 aliphatic carbocycles. The summed E-state index contributed by atoms with van der Waals surface area (Å²) < 4.78 is 9.20. The van der Waals surface area contributed by atoms with Crippen molar-refractivity contribution in [2.45, 2.75) is 19.3 Å². The van der Waals surface area contributed by atoms with Crippen LogP contribution in [0.2, 0.25) is 0 Å². The van der Waals surface area contributed by atoms with E-state index in [0.717, 1.165) is 52.5 Å². The molecule has 54 heavy (non-hydrogen) atoms. The van der Waals surface area contributed by atoms with Crippen LogP contribution in [-0.2, 0) is 0 Å². The Hall–Kier alpha value is -6.22. The van der Waals surface area contributed by atoms with Gasteiger partial charge in [0.2, 0.25) is 0 Å². The molecule has 0 saturated heterocycles. The number of rotatable bonds is 5. The Balaban J connectivity index is 1.11. The lowest BCUT2D eigenvalue weighted by atomic mass is 9.83. The first-order chi connectivity index (χ1) is 26.7. The molecular weight excluding hydrogens is 673 g/mol. The van der Waals surface area contributed by atoms with Gasteiger partial charge in [-0.05, 0) is 98.7 Å². The van der Waals surface area contributed by atoms with E-state index in [1.807, 2.05) is 17.4 Å². The predicted molar refractivity (Wildman–Crippen MR) is 234 cm³/mol. The molecule has 2 heterocycles. The predicted octanol–water partition coefficient (Wildman–Crippen LogP) is 13.3. The smallest absolute Gasteiger partial charge is 0.136 e. The van der Waals surface area contributed by atoms with E-state index in [9.17, 15) is 0 Å². The third-order valence-corrected chi connectivity index (χ3v) is 12.5. The number of thiophene rings is 1. The van der Waals surface area contributed by atoms with Gasteiger partial charge in [0.1, 0.15) is 11.0 Å². The maximum Gasteiger partial charge on any atom is 0.136 e. The third kappa shape index (κ3) is 5.37. The Morgan fingerprint density at radius 1 is 0.667 bits per heavy atom. The van der Waals surface area contributed by atoms with Crippen LogP contribution in [-0.4, -0.2) is 0 Å². The minimum atomic E-state index is 0.261. The fourth-order valence-corrected chi connectivity index (χ4v) is 9.91. The average Bonchev–Trinajstić information content (AvgIpc) is 3.80. The van der Waals surface area contributed by atoms with E-state index in [2.05, 4.69) is 171 Å². The van der Waals surface area contributed by atoms with E-state index in [1.54, 1.807) is 0 Å². The maximum atomic E-state index is 6.53. The highest BCUT2D eigenvalue weighted by molar-refractivity contribution is 7.26. The van der Waals surface area contributed by atoms with Crippen LogP contribution in [0, 0.1) is 5.92 Å². The summed E-state index contributed by atoms with van der Waals surface area (Å²) in [6.07, 6.45) is 14.5. The van der Waals surface area contributed by atoms with Crippen LogP contribution in [0.1, 0.15) is 41.5 Å². The first kappa shape index (κ1) is 32.4. The van der Waals surface area contributed by atoms with Crippen molar-refractivity contribution in [3.05, 3.63) is 197 Å². The normalized spacial score (nSPS) is 15.3. The summed E-state index contributed by atoms with van der Waals surface area (Å²) >= 11 is 1.89. The van der Waals surface area contributed by atoms with Gasteiger partial charge in [-0.3, -0.25) is 0 Å². The minimum Gasteiger partial charge on any atom is -0.456 e. The molecule has 0 amide bonds. The van der Waals surface area contributed by atoms with Crippen LogP contribution in [0.3, 0.4) is 0 Å². The molecule has 0 N–H and O–H groups in total. The average molecular weight is 711 g/mol. The van der Waals surface area contributed by atoms with E-state index in [-0.39, 0.29) is 5.92 Å². The zero-order valence-corrected chi connectivity index (χ0v) is 30.8. The molecule has 0 aliphatic heterocycles. The minimum absolute atomic E-state index is 0.261. The molecule has 0 bridgehead atoms. The Kier molecular flexibility index (Phi) is 8.00. The third-order valence-electron chi connectivity index (χ3n) is 11.3. The van der Waals surface area contributed by atoms with Gasteiger partial charge >= 0.3 is 0 Å². The van der Waals surface area contributed by atoms with E-state index >= 15 is 0 Å². The topological polar surface area (TPSA) is 13.1 Å². The lowest BCUT2D eigenvalue weighted by molar-refractivity contribution is 0.569. The summed E-state index contributed by atoms with van der Waals surface area (Å²) in [6.45, 7) is 8.73. The van der Waals surface area contributed by atoms with Gasteiger partial charge in [0.15, 0.2) is 0 Å². The molecule has 0 fully saturated rings. The molecule has 0 saturated carbocycles. The lowest BCUT2D eigenvalue weighted by Gasteiger charge is -2.21. The van der Waals surface area contributed by atoms with Crippen LogP contribution < -0.4 is 10.6 Å². The summed E-state index contributed by atoms with van der Waals surface area (Å²) in [5, 5.41) is 10.1. The SMILES string of the molecule is C=Cc1ccccc1C(=C)c1ccccccc(C2=CC(C3C=c4c(oc5ccc6c(ccc7c8ccccc8sc76)c45)=CC3)=CCC2)c2ccccc12. The van der Waals surface area contributed by atoms with Gasteiger partial charge in [-0.2, -0.15) is 0 Å². The molecule has 1 unspecified atom stereocenters.